The molecule has 0 atom stereocenters. The van der Waals surface area contributed by atoms with Gasteiger partial charge in [0.15, 0.2) is 5.75 Å². The number of benzene rings is 1. The van der Waals surface area contributed by atoms with E-state index in [-0.39, 0.29) is 11.5 Å². The second-order valence-corrected chi connectivity index (χ2v) is 2.47. The maximum Gasteiger partial charge on any atom is 0.387 e. The summed E-state index contributed by atoms with van der Waals surface area (Å²) >= 11 is 0. The molecule has 1 aromatic carbocycles. The standard InChI is InChI=1S/C8H7F2NO4/c1-14-7-3-2-5(15-8(9)10)4-6(7)11(12)13/h2-4,8H,1H3. The predicted octanol–water partition coefficient (Wildman–Crippen LogP) is 2.20. The van der Waals surface area contributed by atoms with Gasteiger partial charge in [0.05, 0.1) is 18.1 Å². The molecule has 1 rings (SSSR count). The number of alkyl halides is 2. The van der Waals surface area contributed by atoms with Crippen LogP contribution in [0.1, 0.15) is 0 Å². The van der Waals surface area contributed by atoms with Crippen molar-refractivity contribution < 1.29 is 23.2 Å². The third-order valence-corrected chi connectivity index (χ3v) is 1.57. The summed E-state index contributed by atoms with van der Waals surface area (Å²) < 4.78 is 32.3. The van der Waals surface area contributed by atoms with Gasteiger partial charge in [-0.3, -0.25) is 10.1 Å². The summed E-state index contributed by atoms with van der Waals surface area (Å²) in [4.78, 5) is 9.76. The van der Waals surface area contributed by atoms with Crippen molar-refractivity contribution in [1.82, 2.24) is 0 Å². The van der Waals surface area contributed by atoms with Crippen LogP contribution in [-0.4, -0.2) is 18.6 Å². The van der Waals surface area contributed by atoms with Crippen LogP contribution in [0.15, 0.2) is 18.2 Å². The third-order valence-electron chi connectivity index (χ3n) is 1.57. The van der Waals surface area contributed by atoms with E-state index in [1.54, 1.807) is 0 Å². The predicted molar refractivity (Wildman–Crippen MR) is 46.3 cm³/mol. The van der Waals surface area contributed by atoms with Gasteiger partial charge in [0, 0.05) is 0 Å². The normalized spacial score (nSPS) is 10.1. The van der Waals surface area contributed by atoms with E-state index in [1.807, 2.05) is 0 Å². The summed E-state index contributed by atoms with van der Waals surface area (Å²) in [7, 11) is 1.25. The molecule has 0 unspecified atom stereocenters. The van der Waals surface area contributed by atoms with Gasteiger partial charge < -0.3 is 9.47 Å². The van der Waals surface area contributed by atoms with Crippen LogP contribution < -0.4 is 9.47 Å². The van der Waals surface area contributed by atoms with Gasteiger partial charge in [-0.1, -0.05) is 0 Å². The average Bonchev–Trinajstić information content (AvgIpc) is 2.16. The monoisotopic (exact) mass is 219 g/mol. The molecule has 82 valence electrons. The molecule has 0 N–H and O–H groups in total. The van der Waals surface area contributed by atoms with Crippen molar-refractivity contribution in [1.29, 1.82) is 0 Å². The van der Waals surface area contributed by atoms with Gasteiger partial charge in [0.1, 0.15) is 5.75 Å². The molecule has 0 bridgehead atoms. The summed E-state index contributed by atoms with van der Waals surface area (Å²) in [5.74, 6) is -0.292. The molecule has 0 radical (unpaired) electrons. The highest BCUT2D eigenvalue weighted by molar-refractivity contribution is 5.50. The third kappa shape index (κ3) is 2.76. The minimum absolute atomic E-state index is 0.0124. The molecule has 0 saturated heterocycles. The fourth-order valence-corrected chi connectivity index (χ4v) is 0.989. The van der Waals surface area contributed by atoms with Gasteiger partial charge >= 0.3 is 12.3 Å². The Morgan fingerprint density at radius 2 is 2.13 bits per heavy atom. The van der Waals surface area contributed by atoms with Crippen LogP contribution in [0.4, 0.5) is 14.5 Å². The van der Waals surface area contributed by atoms with Gasteiger partial charge in [-0.25, -0.2) is 0 Å². The van der Waals surface area contributed by atoms with Gasteiger partial charge in [0.25, 0.3) is 0 Å². The van der Waals surface area contributed by atoms with Crippen molar-refractivity contribution in [2.75, 3.05) is 7.11 Å². The molecule has 0 heterocycles. The minimum Gasteiger partial charge on any atom is -0.490 e. The van der Waals surface area contributed by atoms with Crippen molar-refractivity contribution in [3.05, 3.63) is 28.3 Å². The van der Waals surface area contributed by atoms with Crippen LogP contribution in [0.5, 0.6) is 11.5 Å². The number of hydrogen-bond acceptors (Lipinski definition) is 4. The number of halogens is 2. The molecule has 0 amide bonds. The zero-order valence-electron chi connectivity index (χ0n) is 7.65. The largest absolute Gasteiger partial charge is 0.490 e. The second-order valence-electron chi connectivity index (χ2n) is 2.47. The van der Waals surface area contributed by atoms with Crippen LogP contribution in [0.2, 0.25) is 0 Å². The van der Waals surface area contributed by atoms with Crippen LogP contribution >= 0.6 is 0 Å². The van der Waals surface area contributed by atoms with E-state index in [0.717, 1.165) is 12.1 Å². The molecule has 0 spiro atoms. The van der Waals surface area contributed by atoms with Crippen molar-refractivity contribution in [3.8, 4) is 11.5 Å². The van der Waals surface area contributed by atoms with Gasteiger partial charge in [-0.15, -0.1) is 0 Å². The SMILES string of the molecule is COc1ccc(OC(F)F)cc1[N+](=O)[O-]. The summed E-state index contributed by atoms with van der Waals surface area (Å²) in [5, 5.41) is 10.5. The molecule has 0 aliphatic carbocycles. The number of nitro benzene ring substituents is 1. The molecule has 7 heteroatoms. The zero-order valence-corrected chi connectivity index (χ0v) is 7.65. The highest BCUT2D eigenvalue weighted by Crippen LogP contribution is 2.31. The van der Waals surface area contributed by atoms with Crippen molar-refractivity contribution >= 4 is 5.69 Å². The molecule has 0 aromatic heterocycles. The van der Waals surface area contributed by atoms with Crippen LogP contribution in [-0.2, 0) is 0 Å². The smallest absolute Gasteiger partial charge is 0.387 e. The molecule has 0 saturated carbocycles. The summed E-state index contributed by atoms with van der Waals surface area (Å²) in [6, 6.07) is 3.23. The fourth-order valence-electron chi connectivity index (χ4n) is 0.989. The Morgan fingerprint density at radius 1 is 1.47 bits per heavy atom. The van der Waals surface area contributed by atoms with E-state index in [2.05, 4.69) is 9.47 Å². The molecule has 0 aliphatic heterocycles. The van der Waals surface area contributed by atoms with E-state index >= 15 is 0 Å². The first kappa shape index (κ1) is 11.2. The highest BCUT2D eigenvalue weighted by atomic mass is 19.3. The van der Waals surface area contributed by atoms with Crippen LogP contribution in [0.3, 0.4) is 0 Å². The molecule has 0 aliphatic rings. The Labute approximate surface area is 83.4 Å². The number of nitrogens with zero attached hydrogens (tertiary/aromatic N) is 1. The number of nitro groups is 1. The van der Waals surface area contributed by atoms with Gasteiger partial charge in [-0.2, -0.15) is 8.78 Å². The van der Waals surface area contributed by atoms with Crippen molar-refractivity contribution in [2.24, 2.45) is 0 Å². The van der Waals surface area contributed by atoms with E-state index in [4.69, 9.17) is 0 Å². The van der Waals surface area contributed by atoms with Crippen molar-refractivity contribution in [2.45, 2.75) is 6.61 Å². The van der Waals surface area contributed by atoms with Crippen LogP contribution in [0.25, 0.3) is 0 Å². The lowest BCUT2D eigenvalue weighted by atomic mass is 10.3. The van der Waals surface area contributed by atoms with E-state index in [9.17, 15) is 18.9 Å². The average molecular weight is 219 g/mol. The molecular weight excluding hydrogens is 212 g/mol. The highest BCUT2D eigenvalue weighted by Gasteiger charge is 2.17. The Hall–Kier alpha value is -1.92. The summed E-state index contributed by atoms with van der Waals surface area (Å²) in [6.45, 7) is -3.02. The lowest BCUT2D eigenvalue weighted by Crippen LogP contribution is -2.02. The maximum absolute atomic E-state index is 11.8. The number of methoxy groups -OCH3 is 1. The first-order valence-corrected chi connectivity index (χ1v) is 3.82. The maximum atomic E-state index is 11.8. The molecule has 0 fully saturated rings. The Balaban J connectivity index is 3.05. The number of hydrogen-bond donors (Lipinski definition) is 0. The molecule has 5 nitrogen and oxygen atoms in total. The minimum atomic E-state index is -3.02. The first-order chi connectivity index (χ1) is 7.04. The lowest BCUT2D eigenvalue weighted by molar-refractivity contribution is -0.385. The second kappa shape index (κ2) is 4.54. The number of ether oxygens (including phenoxy) is 2. The van der Waals surface area contributed by atoms with E-state index in [1.165, 1.54) is 13.2 Å². The Morgan fingerprint density at radius 3 is 2.60 bits per heavy atom. The summed E-state index contributed by atoms with van der Waals surface area (Å²) in [5.41, 5.74) is -0.421. The first-order valence-electron chi connectivity index (χ1n) is 3.82. The van der Waals surface area contributed by atoms with Crippen molar-refractivity contribution in [3.63, 3.8) is 0 Å². The van der Waals surface area contributed by atoms with Gasteiger partial charge in [-0.05, 0) is 12.1 Å². The van der Waals surface area contributed by atoms with Gasteiger partial charge in [0.2, 0.25) is 0 Å². The quantitative estimate of drug-likeness (QED) is 0.575. The van der Waals surface area contributed by atoms with E-state index < -0.39 is 17.2 Å². The van der Waals surface area contributed by atoms with E-state index in [0.29, 0.717) is 0 Å². The number of rotatable bonds is 4. The molecular formula is C8H7F2NO4. The summed E-state index contributed by atoms with van der Waals surface area (Å²) in [6.07, 6.45) is 0. The lowest BCUT2D eigenvalue weighted by Gasteiger charge is -2.05. The van der Waals surface area contributed by atoms with Crippen LogP contribution in [0, 0.1) is 10.1 Å². The topological polar surface area (TPSA) is 61.6 Å². The molecule has 15 heavy (non-hydrogen) atoms. The zero-order chi connectivity index (χ0) is 11.4. The Bertz CT molecular complexity index is 370. The fraction of sp³-hybridized carbons (Fsp3) is 0.250. The Kier molecular flexibility index (Phi) is 3.37. The molecule has 1 aromatic rings.